The molecule has 0 spiro atoms. The zero-order valence-electron chi connectivity index (χ0n) is 18.6. The molecule has 0 unspecified atom stereocenters. The predicted molar refractivity (Wildman–Crippen MR) is 126 cm³/mol. The van der Waals surface area contributed by atoms with E-state index in [9.17, 15) is 9.59 Å². The summed E-state index contributed by atoms with van der Waals surface area (Å²) in [4.78, 5) is 27.1. The molecule has 172 valence electrons. The van der Waals surface area contributed by atoms with Crippen molar-refractivity contribution in [1.82, 2.24) is 20.0 Å². The Morgan fingerprint density at radius 3 is 2.61 bits per heavy atom. The van der Waals surface area contributed by atoms with E-state index in [0.717, 1.165) is 49.7 Å². The van der Waals surface area contributed by atoms with Crippen LogP contribution in [0.15, 0.2) is 67.0 Å². The van der Waals surface area contributed by atoms with Crippen LogP contribution < -0.4 is 10.6 Å². The van der Waals surface area contributed by atoms with E-state index in [1.54, 1.807) is 17.1 Å². The summed E-state index contributed by atoms with van der Waals surface area (Å²) in [6.07, 6.45) is 3.75. The first kappa shape index (κ1) is 22.7. The molecule has 8 nitrogen and oxygen atoms in total. The Kier molecular flexibility index (Phi) is 7.84. The quantitative estimate of drug-likeness (QED) is 0.526. The third-order valence-electron chi connectivity index (χ3n) is 5.51. The van der Waals surface area contributed by atoms with Gasteiger partial charge in [0.15, 0.2) is 0 Å². The van der Waals surface area contributed by atoms with Gasteiger partial charge in [-0.2, -0.15) is 5.10 Å². The fourth-order valence-electron chi connectivity index (χ4n) is 3.69. The number of benzene rings is 2. The van der Waals surface area contributed by atoms with Gasteiger partial charge in [0.1, 0.15) is 0 Å². The molecule has 8 heteroatoms. The summed E-state index contributed by atoms with van der Waals surface area (Å²) in [5.74, 6) is -0.206. The summed E-state index contributed by atoms with van der Waals surface area (Å²) in [5, 5.41) is 10.1. The zero-order chi connectivity index (χ0) is 22.9. The van der Waals surface area contributed by atoms with Crippen molar-refractivity contribution in [1.29, 1.82) is 0 Å². The van der Waals surface area contributed by atoms with E-state index in [4.69, 9.17) is 4.74 Å². The summed E-state index contributed by atoms with van der Waals surface area (Å²) in [5.41, 5.74) is 3.27. The van der Waals surface area contributed by atoms with Crippen molar-refractivity contribution >= 4 is 17.5 Å². The van der Waals surface area contributed by atoms with Gasteiger partial charge in [-0.15, -0.1) is 0 Å². The molecule has 1 aliphatic rings. The Balaban J connectivity index is 1.24. The van der Waals surface area contributed by atoms with E-state index < -0.39 is 0 Å². The number of hydrogen-bond acceptors (Lipinski definition) is 5. The van der Waals surface area contributed by atoms with Gasteiger partial charge in [0.05, 0.1) is 31.5 Å². The van der Waals surface area contributed by atoms with Crippen LogP contribution in [0.5, 0.6) is 0 Å². The highest BCUT2D eigenvalue weighted by molar-refractivity contribution is 5.93. The summed E-state index contributed by atoms with van der Waals surface area (Å²) in [6.45, 7) is 4.89. The third-order valence-corrected chi connectivity index (χ3v) is 5.51. The van der Waals surface area contributed by atoms with Gasteiger partial charge in [-0.3, -0.25) is 19.2 Å². The van der Waals surface area contributed by atoms with Gasteiger partial charge >= 0.3 is 0 Å². The molecule has 1 aromatic heterocycles. The number of hydrogen-bond donors (Lipinski definition) is 2. The van der Waals surface area contributed by atoms with Gasteiger partial charge < -0.3 is 15.4 Å². The van der Waals surface area contributed by atoms with Gasteiger partial charge in [-0.25, -0.2) is 0 Å². The number of anilines is 1. The Hall–Kier alpha value is -3.49. The minimum atomic E-state index is -0.186. The van der Waals surface area contributed by atoms with Gasteiger partial charge in [0, 0.05) is 44.5 Å². The molecule has 1 aliphatic heterocycles. The van der Waals surface area contributed by atoms with Crippen molar-refractivity contribution in [3.05, 3.63) is 83.7 Å². The first-order valence-corrected chi connectivity index (χ1v) is 11.2. The number of carbonyl (C=O) groups is 2. The van der Waals surface area contributed by atoms with Crippen molar-refractivity contribution in [3.8, 4) is 0 Å². The Morgan fingerprint density at radius 1 is 1.00 bits per heavy atom. The zero-order valence-corrected chi connectivity index (χ0v) is 18.6. The molecule has 2 heterocycles. The minimum Gasteiger partial charge on any atom is -0.379 e. The highest BCUT2D eigenvalue weighted by atomic mass is 16.5. The maximum absolute atomic E-state index is 12.5. The highest BCUT2D eigenvalue weighted by Gasteiger charge is 2.13. The van der Waals surface area contributed by atoms with Crippen molar-refractivity contribution in [3.63, 3.8) is 0 Å². The van der Waals surface area contributed by atoms with E-state index in [-0.39, 0.29) is 11.8 Å². The van der Waals surface area contributed by atoms with Crippen LogP contribution in [0, 0.1) is 0 Å². The number of ether oxygens (including phenoxy) is 1. The maximum atomic E-state index is 12.5. The standard InChI is InChI=1S/C25H29N5O3/c31-24(9-10-29-11-13-33-14-12-29)28-23-8-4-7-21(15-23)16-26-25(32)22-17-27-30(19-22)18-20-5-2-1-3-6-20/h1-8,15,17,19H,9-14,16,18H2,(H,26,32)(H,28,31). The first-order chi connectivity index (χ1) is 16.2. The van der Waals surface area contributed by atoms with Gasteiger partial charge in [-0.05, 0) is 23.3 Å². The van der Waals surface area contributed by atoms with Crippen molar-refractivity contribution in [2.75, 3.05) is 38.2 Å². The number of rotatable bonds is 9. The monoisotopic (exact) mass is 447 g/mol. The van der Waals surface area contributed by atoms with E-state index in [0.29, 0.717) is 25.1 Å². The van der Waals surface area contributed by atoms with Gasteiger partial charge in [0.2, 0.25) is 5.91 Å². The number of morpholine rings is 1. The molecule has 0 radical (unpaired) electrons. The minimum absolute atomic E-state index is 0.0199. The Bertz CT molecular complexity index is 1060. The van der Waals surface area contributed by atoms with Crippen LogP contribution >= 0.6 is 0 Å². The number of amides is 2. The number of nitrogens with one attached hydrogen (secondary N) is 2. The molecule has 2 aromatic carbocycles. The lowest BCUT2D eigenvalue weighted by molar-refractivity contribution is -0.116. The van der Waals surface area contributed by atoms with Crippen LogP contribution in [0.25, 0.3) is 0 Å². The second-order valence-corrected chi connectivity index (χ2v) is 8.05. The molecule has 1 saturated heterocycles. The second-order valence-electron chi connectivity index (χ2n) is 8.05. The Labute approximate surface area is 193 Å². The molecule has 0 aliphatic carbocycles. The molecule has 2 N–H and O–H groups in total. The molecule has 33 heavy (non-hydrogen) atoms. The molecule has 0 atom stereocenters. The fourth-order valence-corrected chi connectivity index (χ4v) is 3.69. The van der Waals surface area contributed by atoms with Crippen LogP contribution in [-0.2, 0) is 22.6 Å². The number of aromatic nitrogens is 2. The van der Waals surface area contributed by atoms with E-state index in [1.165, 1.54) is 0 Å². The molecule has 0 saturated carbocycles. The molecule has 4 rings (SSSR count). The number of carbonyl (C=O) groups excluding carboxylic acids is 2. The highest BCUT2D eigenvalue weighted by Crippen LogP contribution is 2.12. The molecular formula is C25H29N5O3. The summed E-state index contributed by atoms with van der Waals surface area (Å²) in [6, 6.07) is 17.5. The lowest BCUT2D eigenvalue weighted by atomic mass is 10.2. The average molecular weight is 448 g/mol. The van der Waals surface area contributed by atoms with Crippen molar-refractivity contribution in [2.45, 2.75) is 19.5 Å². The van der Waals surface area contributed by atoms with Crippen LogP contribution in [0.3, 0.4) is 0 Å². The summed E-state index contributed by atoms with van der Waals surface area (Å²) >= 11 is 0. The first-order valence-electron chi connectivity index (χ1n) is 11.2. The van der Waals surface area contributed by atoms with E-state index >= 15 is 0 Å². The SMILES string of the molecule is O=C(CCN1CCOCC1)Nc1cccc(CNC(=O)c2cnn(Cc3ccccc3)c2)c1. The Morgan fingerprint density at radius 2 is 1.79 bits per heavy atom. The van der Waals surface area contributed by atoms with Crippen LogP contribution in [0.1, 0.15) is 27.9 Å². The maximum Gasteiger partial charge on any atom is 0.254 e. The molecular weight excluding hydrogens is 418 g/mol. The van der Waals surface area contributed by atoms with Crippen LogP contribution in [0.4, 0.5) is 5.69 Å². The molecule has 1 fully saturated rings. The van der Waals surface area contributed by atoms with Crippen LogP contribution in [-0.4, -0.2) is 59.3 Å². The van der Waals surface area contributed by atoms with Crippen LogP contribution in [0.2, 0.25) is 0 Å². The van der Waals surface area contributed by atoms with E-state index in [2.05, 4.69) is 20.6 Å². The number of nitrogens with zero attached hydrogens (tertiary/aromatic N) is 3. The normalized spacial score (nSPS) is 14.1. The molecule has 3 aromatic rings. The third kappa shape index (κ3) is 7.00. The van der Waals surface area contributed by atoms with Gasteiger partial charge in [-0.1, -0.05) is 42.5 Å². The van der Waals surface area contributed by atoms with Crippen molar-refractivity contribution < 1.29 is 14.3 Å². The molecule has 0 bridgehead atoms. The smallest absolute Gasteiger partial charge is 0.254 e. The average Bonchev–Trinajstić information content (AvgIpc) is 3.31. The summed E-state index contributed by atoms with van der Waals surface area (Å²) in [7, 11) is 0. The lowest BCUT2D eigenvalue weighted by Gasteiger charge is -2.26. The largest absolute Gasteiger partial charge is 0.379 e. The topological polar surface area (TPSA) is 88.5 Å². The summed E-state index contributed by atoms with van der Waals surface area (Å²) < 4.78 is 7.08. The lowest BCUT2D eigenvalue weighted by Crippen LogP contribution is -2.38. The predicted octanol–water partition coefficient (Wildman–Crippen LogP) is 2.52. The van der Waals surface area contributed by atoms with Gasteiger partial charge in [0.25, 0.3) is 5.91 Å². The van der Waals surface area contributed by atoms with E-state index in [1.807, 2.05) is 54.6 Å². The molecule has 2 amide bonds. The van der Waals surface area contributed by atoms with Crippen molar-refractivity contribution in [2.24, 2.45) is 0 Å². The second kappa shape index (κ2) is 11.4. The fraction of sp³-hybridized carbons (Fsp3) is 0.320.